The van der Waals surface area contributed by atoms with Crippen LogP contribution in [-0.2, 0) is 0 Å². The van der Waals surface area contributed by atoms with Crippen LogP contribution in [0.5, 0.6) is 0 Å². The van der Waals surface area contributed by atoms with Crippen molar-refractivity contribution in [2.45, 2.75) is 9.88 Å². The molecule has 0 unspecified atom stereocenters. The van der Waals surface area contributed by atoms with Gasteiger partial charge in [0.25, 0.3) is 0 Å². The third kappa shape index (κ3) is 10.4. The summed E-state index contributed by atoms with van der Waals surface area (Å²) < 4.78 is 0. The van der Waals surface area contributed by atoms with E-state index in [0.717, 1.165) is 0 Å². The van der Waals surface area contributed by atoms with Gasteiger partial charge in [-0.3, -0.25) is 0 Å². The van der Waals surface area contributed by atoms with E-state index in [1.807, 2.05) is 0 Å². The molecule has 0 atom stereocenters. The number of hydrogen-bond donors (Lipinski definition) is 0. The van der Waals surface area contributed by atoms with E-state index in [-0.39, 0.29) is 0 Å². The van der Waals surface area contributed by atoms with Crippen LogP contribution in [0.1, 0.15) is 0 Å². The Balaban J connectivity index is 2.32. The fraction of sp³-hybridized carbons (Fsp3) is 1.00. The van der Waals surface area contributed by atoms with E-state index in [4.69, 9.17) is 0 Å². The molecule has 0 aliphatic heterocycles. The van der Waals surface area contributed by atoms with Gasteiger partial charge in [0.2, 0.25) is 0 Å². The molecule has 4 heavy (non-hydrogen) atoms. The molecule has 0 nitrogen and oxygen atoms in total. The summed E-state index contributed by atoms with van der Waals surface area (Å²) in [5.41, 5.74) is 0. The van der Waals surface area contributed by atoms with Crippen molar-refractivity contribution in [3.05, 3.63) is 0 Å². The van der Waals surface area contributed by atoms with Crippen molar-refractivity contribution >= 4 is 30.2 Å². The Bertz CT molecular complexity index is 10.8. The molecule has 0 aliphatic carbocycles. The molecule has 0 saturated carbocycles. The zero-order valence-electron chi connectivity index (χ0n) is 2.88. The van der Waals surface area contributed by atoms with Gasteiger partial charge in [-0.15, -0.1) is 0 Å². The van der Waals surface area contributed by atoms with Gasteiger partial charge in [0.05, 0.1) is 0 Å². The van der Waals surface area contributed by atoms with E-state index < -0.39 is 17.5 Å². The van der Waals surface area contributed by atoms with Crippen molar-refractivity contribution in [2.24, 2.45) is 0 Å². The van der Waals surface area contributed by atoms with Crippen LogP contribution in [0.25, 0.3) is 0 Å². The molecular weight excluding hydrogens is 223 g/mol. The minimum atomic E-state index is -0.731. The Morgan fingerprint density at radius 1 is 1.50 bits per heavy atom. The summed E-state index contributed by atoms with van der Waals surface area (Å²) in [7, 11) is 0. The second-order valence-electron chi connectivity index (χ2n) is 0.878. The Hall–Kier alpha value is 1.28. The molecule has 1 radical (unpaired) electrons. The predicted octanol–water partition coefficient (Wildman–Crippen LogP) is 1.63. The van der Waals surface area contributed by atoms with E-state index in [1.54, 1.807) is 0 Å². The third-order valence-corrected chi connectivity index (χ3v) is 0. The Morgan fingerprint density at radius 3 is 1.50 bits per heavy atom. The Morgan fingerprint density at radius 2 is 1.50 bits per heavy atom. The summed E-state index contributed by atoms with van der Waals surface area (Å²) >= 11 is 2.74. The summed E-state index contributed by atoms with van der Waals surface area (Å²) in [5, 5.41) is 0. The molecule has 2 heteroatoms. The van der Waals surface area contributed by atoms with Crippen LogP contribution in [0.3, 0.4) is 0 Å². The first-order valence-corrected chi connectivity index (χ1v) is 13.3. The van der Waals surface area contributed by atoms with E-state index in [9.17, 15) is 0 Å². The molecule has 0 fully saturated rings. The fourth-order valence-electron chi connectivity index (χ4n) is 0. The van der Waals surface area contributed by atoms with E-state index in [1.165, 1.54) is 0 Å². The van der Waals surface area contributed by atoms with Crippen LogP contribution in [0.2, 0.25) is 9.88 Å². The number of hydrogen-bond acceptors (Lipinski definition) is 0. The molecule has 0 N–H and O–H groups in total. The first-order valence-electron chi connectivity index (χ1n) is 1.19. The van der Waals surface area contributed by atoms with Crippen LogP contribution in [0, 0.1) is 0 Å². The second-order valence-corrected chi connectivity index (χ2v) is 16.5. The van der Waals surface area contributed by atoms with Gasteiger partial charge < -0.3 is 0 Å². The van der Waals surface area contributed by atoms with Crippen molar-refractivity contribution in [3.8, 4) is 0 Å². The van der Waals surface area contributed by atoms with Crippen molar-refractivity contribution in [3.63, 3.8) is 0 Å². The molecule has 0 aliphatic rings. The van der Waals surface area contributed by atoms with Crippen LogP contribution < -0.4 is 0 Å². The summed E-state index contributed by atoms with van der Waals surface area (Å²) in [6.45, 7) is 0. The molecule has 0 aromatic heterocycles. The molecule has 0 heterocycles. The molecule has 0 aromatic carbocycles. The Labute approximate surface area is 40.1 Å². The fourth-order valence-corrected chi connectivity index (χ4v) is 0. The average Bonchev–Trinajstić information content (AvgIpc) is 0.811. The molecule has 0 rings (SSSR count). The normalized spacial score (nSPS) is 9.00. The Kier molecular flexibility index (Phi) is 3.32. The monoisotopic (exact) mass is 229 g/mol. The summed E-state index contributed by atoms with van der Waals surface area (Å²) in [6, 6.07) is 0. The molecule has 0 amide bonds. The van der Waals surface area contributed by atoms with E-state index in [0.29, 0.717) is 0 Å². The number of halogens is 1. The van der Waals surface area contributed by atoms with E-state index in [2.05, 4.69) is 22.6 Å². The van der Waals surface area contributed by atoms with Crippen molar-refractivity contribution in [1.82, 2.24) is 0 Å². The second kappa shape index (κ2) is 2.51. The van der Waals surface area contributed by atoms with Crippen LogP contribution in [-0.4, -0.2) is 17.5 Å². The SMILES string of the molecule is [CH3][Sn]([CH3])[Br]. The molecule has 0 aromatic rings. The quantitative estimate of drug-likeness (QED) is 0.553. The van der Waals surface area contributed by atoms with E-state index >= 15 is 0 Å². The molecule has 25 valence electrons. The summed E-state index contributed by atoms with van der Waals surface area (Å²) in [4.78, 5) is 4.56. The zero-order chi connectivity index (χ0) is 3.58. The van der Waals surface area contributed by atoms with Crippen molar-refractivity contribution < 1.29 is 0 Å². The first-order chi connectivity index (χ1) is 1.73. The van der Waals surface area contributed by atoms with Crippen molar-refractivity contribution in [2.75, 3.05) is 0 Å². The predicted molar refractivity (Wildman–Crippen MR) is 26.4 cm³/mol. The number of rotatable bonds is 0. The third-order valence-electron chi connectivity index (χ3n) is 0. The van der Waals surface area contributed by atoms with Gasteiger partial charge in [-0.2, -0.15) is 0 Å². The standard InChI is InChI=1S/2CH3.BrH.Sn/h2*1H3;1H;/q;;;+1/p-1. The van der Waals surface area contributed by atoms with Crippen LogP contribution >= 0.6 is 12.7 Å². The van der Waals surface area contributed by atoms with Gasteiger partial charge in [-0.1, -0.05) is 0 Å². The van der Waals surface area contributed by atoms with Crippen LogP contribution in [0.4, 0.5) is 0 Å². The maximum absolute atomic E-state index is 3.47. The maximum atomic E-state index is 3.47. The van der Waals surface area contributed by atoms with Crippen molar-refractivity contribution in [1.29, 1.82) is 0 Å². The first kappa shape index (κ1) is 5.28. The molecule has 0 saturated heterocycles. The topological polar surface area (TPSA) is 0 Å². The van der Waals surface area contributed by atoms with Gasteiger partial charge in [0, 0.05) is 0 Å². The molecular formula is C2H6BrSn. The molecule has 0 bridgehead atoms. The molecule has 0 spiro atoms. The zero-order valence-corrected chi connectivity index (χ0v) is 7.32. The van der Waals surface area contributed by atoms with Crippen LogP contribution in [0.15, 0.2) is 0 Å². The summed E-state index contributed by atoms with van der Waals surface area (Å²) in [6.07, 6.45) is 0. The summed E-state index contributed by atoms with van der Waals surface area (Å²) in [5.74, 6) is 0. The minimum absolute atomic E-state index is 0.731. The van der Waals surface area contributed by atoms with Gasteiger partial charge >= 0.3 is 40.1 Å². The van der Waals surface area contributed by atoms with Gasteiger partial charge in [-0.25, -0.2) is 0 Å². The van der Waals surface area contributed by atoms with Gasteiger partial charge in [0.1, 0.15) is 0 Å². The van der Waals surface area contributed by atoms with Gasteiger partial charge in [-0.05, 0) is 0 Å². The average molecular weight is 229 g/mol. The van der Waals surface area contributed by atoms with Gasteiger partial charge in [0.15, 0.2) is 0 Å².